The number of hydrogen-bond acceptors (Lipinski definition) is 2. The molecule has 0 saturated carbocycles. The predicted octanol–water partition coefficient (Wildman–Crippen LogP) is 3.60. The number of alkyl halides is 3. The first-order valence-corrected chi connectivity index (χ1v) is 6.69. The van der Waals surface area contributed by atoms with Gasteiger partial charge in [-0.3, -0.25) is 4.98 Å². The number of aromatic nitrogens is 2. The number of aliphatic hydroxyl groups is 1. The molecular weight excluding hydrogens is 293 g/mol. The lowest BCUT2D eigenvalue weighted by molar-refractivity contribution is -0.137. The van der Waals surface area contributed by atoms with E-state index in [1.165, 1.54) is 12.1 Å². The Morgan fingerprint density at radius 3 is 2.41 bits per heavy atom. The molecule has 3 nitrogen and oxygen atoms in total. The van der Waals surface area contributed by atoms with Crippen molar-refractivity contribution in [3.8, 4) is 0 Å². The molecule has 0 saturated heterocycles. The number of rotatable bonds is 3. The zero-order chi connectivity index (χ0) is 15.7. The summed E-state index contributed by atoms with van der Waals surface area (Å²) >= 11 is 0. The molecule has 3 aromatic rings. The maximum atomic E-state index is 12.6. The lowest BCUT2D eigenvalue weighted by Crippen LogP contribution is -2.05. The molecule has 0 fully saturated rings. The summed E-state index contributed by atoms with van der Waals surface area (Å²) in [7, 11) is 0. The molecule has 0 bridgehead atoms. The molecule has 0 aliphatic carbocycles. The van der Waals surface area contributed by atoms with Crippen LogP contribution in [0.3, 0.4) is 0 Å². The molecule has 0 atom stereocenters. The second-order valence-electron chi connectivity index (χ2n) is 5.00. The predicted molar refractivity (Wildman–Crippen MR) is 76.2 cm³/mol. The van der Waals surface area contributed by atoms with Crippen molar-refractivity contribution < 1.29 is 18.3 Å². The van der Waals surface area contributed by atoms with Crippen LogP contribution in [0, 0.1) is 0 Å². The van der Waals surface area contributed by atoms with Crippen molar-refractivity contribution in [3.63, 3.8) is 0 Å². The van der Waals surface area contributed by atoms with Crippen LogP contribution in [0.4, 0.5) is 13.2 Å². The molecule has 22 heavy (non-hydrogen) atoms. The second-order valence-corrected chi connectivity index (χ2v) is 5.00. The molecule has 6 heteroatoms. The summed E-state index contributed by atoms with van der Waals surface area (Å²) in [5.74, 6) is 0. The van der Waals surface area contributed by atoms with E-state index in [4.69, 9.17) is 0 Å². The normalized spacial score (nSPS) is 12.0. The van der Waals surface area contributed by atoms with Gasteiger partial charge in [0.25, 0.3) is 0 Å². The molecular formula is C16H13F3N2O. The van der Waals surface area contributed by atoms with Gasteiger partial charge in [0.2, 0.25) is 0 Å². The van der Waals surface area contributed by atoms with E-state index in [1.54, 1.807) is 12.3 Å². The molecule has 3 rings (SSSR count). The fourth-order valence-corrected chi connectivity index (χ4v) is 2.46. The van der Waals surface area contributed by atoms with E-state index in [0.717, 1.165) is 34.3 Å². The largest absolute Gasteiger partial charge is 0.416 e. The Bertz CT molecular complexity index is 791. The van der Waals surface area contributed by atoms with E-state index in [-0.39, 0.29) is 6.61 Å². The first-order chi connectivity index (χ1) is 10.5. The van der Waals surface area contributed by atoms with E-state index in [1.807, 2.05) is 16.8 Å². The van der Waals surface area contributed by atoms with Crippen molar-refractivity contribution >= 4 is 11.0 Å². The van der Waals surface area contributed by atoms with Crippen LogP contribution in [0.15, 0.2) is 48.8 Å². The summed E-state index contributed by atoms with van der Waals surface area (Å²) < 4.78 is 39.6. The van der Waals surface area contributed by atoms with Crippen LogP contribution in [0.2, 0.25) is 0 Å². The third kappa shape index (κ3) is 2.69. The minimum Gasteiger partial charge on any atom is -0.392 e. The van der Waals surface area contributed by atoms with Gasteiger partial charge in [0.05, 0.1) is 23.2 Å². The van der Waals surface area contributed by atoms with E-state index in [2.05, 4.69) is 4.98 Å². The van der Waals surface area contributed by atoms with Gasteiger partial charge >= 0.3 is 6.18 Å². The van der Waals surface area contributed by atoms with E-state index >= 15 is 0 Å². The van der Waals surface area contributed by atoms with Crippen molar-refractivity contribution in [2.45, 2.75) is 19.3 Å². The lowest BCUT2D eigenvalue weighted by atomic mass is 10.1. The Kier molecular flexibility index (Phi) is 3.62. The third-order valence-electron chi connectivity index (χ3n) is 3.54. The van der Waals surface area contributed by atoms with Crippen LogP contribution < -0.4 is 0 Å². The van der Waals surface area contributed by atoms with Gasteiger partial charge in [0, 0.05) is 24.5 Å². The number of halogens is 3. The van der Waals surface area contributed by atoms with Gasteiger partial charge in [0.1, 0.15) is 0 Å². The maximum Gasteiger partial charge on any atom is 0.416 e. The maximum absolute atomic E-state index is 12.6. The number of hydrogen-bond donors (Lipinski definition) is 1. The highest BCUT2D eigenvalue weighted by Crippen LogP contribution is 2.29. The van der Waals surface area contributed by atoms with Crippen LogP contribution in [-0.4, -0.2) is 14.7 Å². The third-order valence-corrected chi connectivity index (χ3v) is 3.54. The second kappa shape index (κ2) is 5.46. The Morgan fingerprint density at radius 1 is 1.05 bits per heavy atom. The lowest BCUT2D eigenvalue weighted by Gasteiger charge is -2.10. The molecule has 114 valence electrons. The quantitative estimate of drug-likeness (QED) is 0.803. The molecule has 0 amide bonds. The van der Waals surface area contributed by atoms with E-state index < -0.39 is 11.7 Å². The monoisotopic (exact) mass is 306 g/mol. The van der Waals surface area contributed by atoms with Gasteiger partial charge < -0.3 is 9.67 Å². The molecule has 1 aromatic carbocycles. The first kappa shape index (κ1) is 14.6. The highest BCUT2D eigenvalue weighted by Gasteiger charge is 2.29. The first-order valence-electron chi connectivity index (χ1n) is 6.69. The highest BCUT2D eigenvalue weighted by atomic mass is 19.4. The summed E-state index contributed by atoms with van der Waals surface area (Å²) in [6, 6.07) is 8.62. The molecule has 0 aliphatic heterocycles. The zero-order valence-corrected chi connectivity index (χ0v) is 11.5. The minimum atomic E-state index is -4.33. The molecule has 1 N–H and O–H groups in total. The number of benzene rings is 1. The van der Waals surface area contributed by atoms with Gasteiger partial charge in [0.15, 0.2) is 0 Å². The van der Waals surface area contributed by atoms with Crippen molar-refractivity contribution in [1.82, 2.24) is 9.55 Å². The molecule has 2 heterocycles. The summed E-state index contributed by atoms with van der Waals surface area (Å²) in [5, 5.41) is 9.40. The Morgan fingerprint density at radius 2 is 1.77 bits per heavy atom. The summed E-state index contributed by atoms with van der Waals surface area (Å²) in [4.78, 5) is 4.22. The molecule has 2 aromatic heterocycles. The zero-order valence-electron chi connectivity index (χ0n) is 11.5. The SMILES string of the molecule is OCc1ccnc2ccn(Cc3ccc(C(F)(F)F)cc3)c12. The highest BCUT2D eigenvalue weighted by molar-refractivity contribution is 5.79. The van der Waals surface area contributed by atoms with Gasteiger partial charge in [-0.2, -0.15) is 13.2 Å². The van der Waals surface area contributed by atoms with Crippen LogP contribution in [0.5, 0.6) is 0 Å². The average molecular weight is 306 g/mol. The average Bonchev–Trinajstić information content (AvgIpc) is 2.90. The molecule has 0 radical (unpaired) electrons. The summed E-state index contributed by atoms with van der Waals surface area (Å²) in [6.07, 6.45) is -0.891. The van der Waals surface area contributed by atoms with Gasteiger partial charge in [-0.25, -0.2) is 0 Å². The fraction of sp³-hybridized carbons (Fsp3) is 0.188. The number of fused-ring (bicyclic) bond motifs is 1. The number of nitrogens with zero attached hydrogens (tertiary/aromatic N) is 2. The van der Waals surface area contributed by atoms with Crippen molar-refractivity contribution in [2.24, 2.45) is 0 Å². The summed E-state index contributed by atoms with van der Waals surface area (Å²) in [5.41, 5.74) is 2.37. The number of pyridine rings is 1. The Labute approximate surface area is 124 Å². The standard InChI is InChI=1S/C16H13F3N2O/c17-16(18,19)13-3-1-11(2-4-13)9-21-8-6-14-15(21)12(10-22)5-7-20-14/h1-8,22H,9-10H2. The van der Waals surface area contributed by atoms with Crippen molar-refractivity contribution in [2.75, 3.05) is 0 Å². The van der Waals surface area contributed by atoms with Crippen LogP contribution >= 0.6 is 0 Å². The van der Waals surface area contributed by atoms with Gasteiger partial charge in [-0.1, -0.05) is 12.1 Å². The molecule has 0 unspecified atom stereocenters. The minimum absolute atomic E-state index is 0.115. The van der Waals surface area contributed by atoms with Crippen LogP contribution in [0.1, 0.15) is 16.7 Å². The summed E-state index contributed by atoms with van der Waals surface area (Å²) in [6.45, 7) is 0.302. The molecule has 0 aliphatic rings. The van der Waals surface area contributed by atoms with Crippen LogP contribution in [0.25, 0.3) is 11.0 Å². The van der Waals surface area contributed by atoms with Crippen molar-refractivity contribution in [3.05, 3.63) is 65.5 Å². The Balaban J connectivity index is 1.93. The van der Waals surface area contributed by atoms with Gasteiger partial charge in [-0.15, -0.1) is 0 Å². The van der Waals surface area contributed by atoms with Crippen LogP contribution in [-0.2, 0) is 19.3 Å². The van der Waals surface area contributed by atoms with E-state index in [9.17, 15) is 18.3 Å². The fourth-order valence-electron chi connectivity index (χ4n) is 2.46. The number of aliphatic hydroxyl groups excluding tert-OH is 1. The Hall–Kier alpha value is -2.34. The molecule has 0 spiro atoms. The topological polar surface area (TPSA) is 38.1 Å². The van der Waals surface area contributed by atoms with Crippen molar-refractivity contribution in [1.29, 1.82) is 0 Å². The van der Waals surface area contributed by atoms with E-state index in [0.29, 0.717) is 6.54 Å². The smallest absolute Gasteiger partial charge is 0.392 e. The van der Waals surface area contributed by atoms with Gasteiger partial charge in [-0.05, 0) is 29.8 Å².